The minimum absolute atomic E-state index is 0.202. The number of hydrogen-bond donors (Lipinski definition) is 1. The molecule has 2 aliphatic rings. The lowest BCUT2D eigenvalue weighted by molar-refractivity contribution is 0.609. The first-order valence-corrected chi connectivity index (χ1v) is 21.9. The summed E-state index contributed by atoms with van der Waals surface area (Å²) in [5.41, 5.74) is 17.4. The number of nitrogens with one attached hydrogen (secondary N) is 1. The summed E-state index contributed by atoms with van der Waals surface area (Å²) in [6.07, 6.45) is 5.33. The highest BCUT2D eigenvalue weighted by molar-refractivity contribution is 6.13. The second-order valence-electron chi connectivity index (χ2n) is 17.0. The zero-order valence-electron chi connectivity index (χ0n) is 35.0. The van der Waals surface area contributed by atoms with Crippen LogP contribution in [0.4, 0.5) is 0 Å². The second-order valence-corrected chi connectivity index (χ2v) is 17.0. The van der Waals surface area contributed by atoms with E-state index in [2.05, 4.69) is 246 Å². The molecule has 63 heavy (non-hydrogen) atoms. The van der Waals surface area contributed by atoms with Gasteiger partial charge in [-0.2, -0.15) is 0 Å². The largest absolute Gasteiger partial charge is 0.360 e. The zero-order chi connectivity index (χ0) is 41.9. The van der Waals surface area contributed by atoms with E-state index < -0.39 is 0 Å². The fourth-order valence-electron chi connectivity index (χ4n) is 10.2. The van der Waals surface area contributed by atoms with E-state index in [4.69, 9.17) is 4.99 Å². The van der Waals surface area contributed by atoms with Crippen LogP contribution in [0.1, 0.15) is 52.2 Å². The summed E-state index contributed by atoms with van der Waals surface area (Å²) in [4.78, 5) is 5.19. The van der Waals surface area contributed by atoms with E-state index in [1.54, 1.807) is 0 Å². The third-order valence-corrected chi connectivity index (χ3v) is 13.3. The molecule has 0 saturated carbocycles. The van der Waals surface area contributed by atoms with E-state index in [0.29, 0.717) is 0 Å². The maximum atomic E-state index is 5.19. The molecule has 4 heteroatoms. The Labute approximate surface area is 367 Å². The predicted octanol–water partition coefficient (Wildman–Crippen LogP) is 13.9. The molecule has 0 radical (unpaired) electrons. The molecular weight excluding hydrogens is 765 g/mol. The molecule has 4 nitrogen and oxygen atoms in total. The molecule has 12 rings (SSSR count). The molecule has 300 valence electrons. The minimum atomic E-state index is -0.363. The standard InChI is InChI=1S/C59H44N4/c1-59(44-34-35-56-49(36-44)47-26-14-16-28-54(47)62(56)45-22-10-4-11-23-45)39-50-48-27-15-17-29-55(48)63(46-24-12-5-13-25-46)57(50)37-51(59)40-30-32-42(33-31-40)53-38-52(41-18-6-2-7-19-41)60-58(61-53)43-20-8-3-9-21-43/h2-38,58,61H,39H2,1H3. The number of hydrogen-bond acceptors (Lipinski definition) is 2. The smallest absolute Gasteiger partial charge is 0.145 e. The number of rotatable bonds is 7. The molecule has 1 aliphatic carbocycles. The van der Waals surface area contributed by atoms with E-state index in [-0.39, 0.29) is 11.6 Å². The number of aliphatic imine (C=N–C) groups is 1. The molecule has 0 bridgehead atoms. The van der Waals surface area contributed by atoms with Gasteiger partial charge in [0, 0.05) is 38.6 Å². The molecule has 2 aromatic heterocycles. The molecule has 10 aromatic rings. The molecule has 2 unspecified atom stereocenters. The first kappa shape index (κ1) is 36.9. The molecule has 0 amide bonds. The fraction of sp³-hybridized carbons (Fsp3) is 0.0678. The van der Waals surface area contributed by atoms with Crippen LogP contribution >= 0.6 is 0 Å². The summed E-state index contributed by atoms with van der Waals surface area (Å²) in [5.74, 6) is 0. The van der Waals surface area contributed by atoms with Crippen LogP contribution in [-0.2, 0) is 11.8 Å². The van der Waals surface area contributed by atoms with Crippen LogP contribution in [0, 0.1) is 0 Å². The van der Waals surface area contributed by atoms with Crippen molar-refractivity contribution in [1.82, 2.24) is 14.5 Å². The average molecular weight is 809 g/mol. The summed E-state index contributed by atoms with van der Waals surface area (Å²) in [5, 5.41) is 7.60. The number of benzene rings is 8. The normalized spacial score (nSPS) is 17.2. The Bertz CT molecular complexity index is 3430. The lowest BCUT2D eigenvalue weighted by atomic mass is 9.66. The molecule has 2 atom stereocenters. The van der Waals surface area contributed by atoms with Gasteiger partial charge in [-0.05, 0) is 106 Å². The second kappa shape index (κ2) is 14.9. The van der Waals surface area contributed by atoms with Gasteiger partial charge in [0.2, 0.25) is 0 Å². The van der Waals surface area contributed by atoms with Gasteiger partial charge in [0.05, 0.1) is 28.0 Å². The van der Waals surface area contributed by atoms with Crippen molar-refractivity contribution in [3.63, 3.8) is 0 Å². The van der Waals surface area contributed by atoms with Crippen LogP contribution in [0.3, 0.4) is 0 Å². The Morgan fingerprint density at radius 3 is 1.75 bits per heavy atom. The van der Waals surface area contributed by atoms with Gasteiger partial charge in [0.1, 0.15) is 6.17 Å². The van der Waals surface area contributed by atoms with Crippen LogP contribution in [-0.4, -0.2) is 14.8 Å². The number of nitrogens with zero attached hydrogens (tertiary/aromatic N) is 3. The summed E-state index contributed by atoms with van der Waals surface area (Å²) in [6, 6.07) is 76.7. The maximum Gasteiger partial charge on any atom is 0.145 e. The summed E-state index contributed by atoms with van der Waals surface area (Å²) in [6.45, 7) is 2.46. The Kier molecular flexibility index (Phi) is 8.72. The SMILES string of the molecule is CC1(c2ccc3c(c2)c2ccccc2n3-c2ccccc2)Cc2c(n(-c3ccccc3)c3ccccc23)C=C1c1ccc(C2=CC(c3ccccc3)=NC(c3ccccc3)N2)cc1. The van der Waals surface area contributed by atoms with Crippen LogP contribution in [0.25, 0.3) is 61.4 Å². The maximum absolute atomic E-state index is 5.19. The van der Waals surface area contributed by atoms with Crippen molar-refractivity contribution in [2.24, 2.45) is 4.99 Å². The van der Waals surface area contributed by atoms with Gasteiger partial charge in [-0.1, -0.05) is 171 Å². The molecule has 0 saturated heterocycles. The molecule has 0 spiro atoms. The number of allylic oxidation sites excluding steroid dienone is 2. The third kappa shape index (κ3) is 6.17. The Morgan fingerprint density at radius 1 is 0.492 bits per heavy atom. The van der Waals surface area contributed by atoms with E-state index in [1.807, 2.05) is 0 Å². The highest BCUT2D eigenvalue weighted by Gasteiger charge is 2.39. The summed E-state index contributed by atoms with van der Waals surface area (Å²) < 4.78 is 4.86. The Balaban J connectivity index is 1.03. The predicted molar refractivity (Wildman–Crippen MR) is 263 cm³/mol. The van der Waals surface area contributed by atoms with Crippen molar-refractivity contribution in [2.75, 3.05) is 0 Å². The van der Waals surface area contributed by atoms with Crippen molar-refractivity contribution >= 4 is 55.8 Å². The fourth-order valence-corrected chi connectivity index (χ4v) is 10.2. The monoisotopic (exact) mass is 808 g/mol. The van der Waals surface area contributed by atoms with Crippen LogP contribution in [0.15, 0.2) is 223 Å². The highest BCUT2D eigenvalue weighted by Crippen LogP contribution is 2.50. The summed E-state index contributed by atoms with van der Waals surface area (Å²) >= 11 is 0. The highest BCUT2D eigenvalue weighted by atomic mass is 15.1. The minimum Gasteiger partial charge on any atom is -0.360 e. The van der Waals surface area contributed by atoms with E-state index in [0.717, 1.165) is 34.5 Å². The Morgan fingerprint density at radius 2 is 1.05 bits per heavy atom. The molecule has 1 N–H and O–H groups in total. The Hall–Kier alpha value is -7.95. The van der Waals surface area contributed by atoms with Crippen LogP contribution < -0.4 is 5.32 Å². The molecule has 3 heterocycles. The first-order chi connectivity index (χ1) is 31.1. The van der Waals surface area contributed by atoms with E-state index in [9.17, 15) is 0 Å². The van der Waals surface area contributed by atoms with Crippen molar-refractivity contribution in [3.8, 4) is 11.4 Å². The van der Waals surface area contributed by atoms with E-state index >= 15 is 0 Å². The summed E-state index contributed by atoms with van der Waals surface area (Å²) in [7, 11) is 0. The average Bonchev–Trinajstić information content (AvgIpc) is 3.86. The van der Waals surface area contributed by atoms with Crippen LogP contribution in [0.2, 0.25) is 0 Å². The molecular formula is C59H44N4. The van der Waals surface area contributed by atoms with Gasteiger partial charge in [0.15, 0.2) is 0 Å². The lowest BCUT2D eigenvalue weighted by Crippen LogP contribution is -2.30. The van der Waals surface area contributed by atoms with Gasteiger partial charge in [-0.3, -0.25) is 4.99 Å². The lowest BCUT2D eigenvalue weighted by Gasteiger charge is -2.37. The van der Waals surface area contributed by atoms with Crippen molar-refractivity contribution in [2.45, 2.75) is 24.9 Å². The van der Waals surface area contributed by atoms with Gasteiger partial charge in [0.25, 0.3) is 0 Å². The van der Waals surface area contributed by atoms with Gasteiger partial charge in [-0.25, -0.2) is 0 Å². The van der Waals surface area contributed by atoms with Gasteiger partial charge >= 0.3 is 0 Å². The molecule has 8 aromatic carbocycles. The van der Waals surface area contributed by atoms with Crippen molar-refractivity contribution in [3.05, 3.63) is 257 Å². The van der Waals surface area contributed by atoms with Crippen molar-refractivity contribution in [1.29, 1.82) is 0 Å². The number of aromatic nitrogens is 2. The van der Waals surface area contributed by atoms with Crippen LogP contribution in [0.5, 0.6) is 0 Å². The topological polar surface area (TPSA) is 34.2 Å². The van der Waals surface area contributed by atoms with Gasteiger partial charge < -0.3 is 14.5 Å². The number of para-hydroxylation sites is 4. The third-order valence-electron chi connectivity index (χ3n) is 13.3. The van der Waals surface area contributed by atoms with Crippen molar-refractivity contribution < 1.29 is 0 Å². The first-order valence-electron chi connectivity index (χ1n) is 21.9. The number of fused-ring (bicyclic) bond motifs is 6. The quantitative estimate of drug-likeness (QED) is 0.171. The van der Waals surface area contributed by atoms with E-state index in [1.165, 1.54) is 72.0 Å². The van der Waals surface area contributed by atoms with Gasteiger partial charge in [-0.15, -0.1) is 0 Å². The zero-order valence-corrected chi connectivity index (χ0v) is 35.0. The molecule has 0 fully saturated rings. The molecule has 1 aliphatic heterocycles.